The van der Waals surface area contributed by atoms with E-state index < -0.39 is 0 Å². The van der Waals surface area contributed by atoms with Gasteiger partial charge in [0.15, 0.2) is 0 Å². The standard InChI is InChI=1S/C14H13ClN2O3/c1-20-13-4-2-3-12(15)11(13)8-17-14(19)9-5-10(18)7-16-6-9/h2-7,18H,8H2,1H3,(H,17,19). The zero-order chi connectivity index (χ0) is 14.5. The van der Waals surface area contributed by atoms with Crippen molar-refractivity contribution in [1.82, 2.24) is 10.3 Å². The summed E-state index contributed by atoms with van der Waals surface area (Å²) >= 11 is 6.08. The highest BCUT2D eigenvalue weighted by Crippen LogP contribution is 2.25. The molecule has 2 aromatic rings. The molecule has 1 amide bonds. The summed E-state index contributed by atoms with van der Waals surface area (Å²) in [6.45, 7) is 0.220. The maximum Gasteiger partial charge on any atom is 0.253 e. The lowest BCUT2D eigenvalue weighted by Gasteiger charge is -2.11. The van der Waals surface area contributed by atoms with Crippen molar-refractivity contribution in [2.24, 2.45) is 0 Å². The number of rotatable bonds is 4. The van der Waals surface area contributed by atoms with Gasteiger partial charge < -0.3 is 15.2 Å². The quantitative estimate of drug-likeness (QED) is 0.907. The predicted octanol–water partition coefficient (Wildman–Crippen LogP) is 2.38. The molecular formula is C14H13ClN2O3. The normalized spacial score (nSPS) is 10.1. The van der Waals surface area contributed by atoms with Crippen LogP contribution in [0.2, 0.25) is 5.02 Å². The van der Waals surface area contributed by atoms with Gasteiger partial charge in [-0.15, -0.1) is 0 Å². The summed E-state index contributed by atoms with van der Waals surface area (Å²) in [5.41, 5.74) is 0.967. The molecule has 0 atom stereocenters. The minimum absolute atomic E-state index is 0.0621. The lowest BCUT2D eigenvalue weighted by Crippen LogP contribution is -2.23. The van der Waals surface area contributed by atoms with E-state index in [4.69, 9.17) is 16.3 Å². The molecule has 0 bridgehead atoms. The van der Waals surface area contributed by atoms with Crippen LogP contribution in [0.3, 0.4) is 0 Å². The number of hydrogen-bond donors (Lipinski definition) is 2. The highest BCUT2D eigenvalue weighted by Gasteiger charge is 2.11. The summed E-state index contributed by atoms with van der Waals surface area (Å²) in [6.07, 6.45) is 2.63. The van der Waals surface area contributed by atoms with Crippen LogP contribution in [-0.2, 0) is 6.54 Å². The largest absolute Gasteiger partial charge is 0.506 e. The van der Waals surface area contributed by atoms with E-state index in [1.54, 1.807) is 18.2 Å². The fourth-order valence-corrected chi connectivity index (χ4v) is 1.96. The number of aromatic hydroxyl groups is 1. The molecule has 6 heteroatoms. The molecule has 0 unspecified atom stereocenters. The number of benzene rings is 1. The molecule has 0 radical (unpaired) electrons. The molecule has 0 fully saturated rings. The van der Waals surface area contributed by atoms with Crippen LogP contribution in [-0.4, -0.2) is 23.1 Å². The van der Waals surface area contributed by atoms with Gasteiger partial charge in [-0.25, -0.2) is 0 Å². The van der Waals surface area contributed by atoms with Crippen molar-refractivity contribution in [3.8, 4) is 11.5 Å². The summed E-state index contributed by atoms with van der Waals surface area (Å²) < 4.78 is 5.20. The van der Waals surface area contributed by atoms with Crippen molar-refractivity contribution < 1.29 is 14.6 Å². The number of nitrogens with one attached hydrogen (secondary N) is 1. The van der Waals surface area contributed by atoms with Gasteiger partial charge in [0, 0.05) is 23.3 Å². The molecule has 5 nitrogen and oxygen atoms in total. The van der Waals surface area contributed by atoms with Gasteiger partial charge in [0.1, 0.15) is 11.5 Å². The van der Waals surface area contributed by atoms with Gasteiger partial charge in [0.2, 0.25) is 0 Å². The van der Waals surface area contributed by atoms with E-state index in [1.165, 1.54) is 25.6 Å². The molecule has 2 N–H and O–H groups in total. The van der Waals surface area contributed by atoms with Crippen LogP contribution in [0.5, 0.6) is 11.5 Å². The SMILES string of the molecule is COc1cccc(Cl)c1CNC(=O)c1cncc(O)c1. The van der Waals surface area contributed by atoms with Gasteiger partial charge >= 0.3 is 0 Å². The zero-order valence-electron chi connectivity index (χ0n) is 10.8. The molecule has 0 saturated carbocycles. The third-order valence-electron chi connectivity index (χ3n) is 2.71. The Hall–Kier alpha value is -2.27. The summed E-state index contributed by atoms with van der Waals surface area (Å²) in [5, 5.41) is 12.5. The Kier molecular flexibility index (Phi) is 4.42. The van der Waals surface area contributed by atoms with Crippen molar-refractivity contribution in [3.05, 3.63) is 52.8 Å². The Morgan fingerprint density at radius 2 is 2.25 bits per heavy atom. The first-order valence-corrected chi connectivity index (χ1v) is 6.23. The summed E-state index contributed by atoms with van der Waals surface area (Å²) in [4.78, 5) is 15.7. The molecule has 0 saturated heterocycles. The molecular weight excluding hydrogens is 280 g/mol. The predicted molar refractivity (Wildman–Crippen MR) is 75.1 cm³/mol. The Balaban J connectivity index is 2.11. The number of carbonyl (C=O) groups is 1. The second kappa shape index (κ2) is 6.25. The van der Waals surface area contributed by atoms with E-state index in [1.807, 2.05) is 0 Å². The smallest absolute Gasteiger partial charge is 0.253 e. The number of aromatic nitrogens is 1. The number of pyridine rings is 1. The number of hydrogen-bond acceptors (Lipinski definition) is 4. The Morgan fingerprint density at radius 1 is 1.45 bits per heavy atom. The van der Waals surface area contributed by atoms with Crippen LogP contribution < -0.4 is 10.1 Å². The highest BCUT2D eigenvalue weighted by atomic mass is 35.5. The van der Waals surface area contributed by atoms with E-state index in [0.29, 0.717) is 16.3 Å². The van der Waals surface area contributed by atoms with Crippen molar-refractivity contribution in [1.29, 1.82) is 0 Å². The van der Waals surface area contributed by atoms with Crippen molar-refractivity contribution in [2.75, 3.05) is 7.11 Å². The number of methoxy groups -OCH3 is 1. The molecule has 2 rings (SSSR count). The van der Waals surface area contributed by atoms with Gasteiger partial charge in [-0.1, -0.05) is 17.7 Å². The zero-order valence-corrected chi connectivity index (χ0v) is 11.5. The van der Waals surface area contributed by atoms with Crippen LogP contribution in [0.1, 0.15) is 15.9 Å². The number of nitrogens with zero attached hydrogens (tertiary/aromatic N) is 1. The van der Waals surface area contributed by atoms with Gasteiger partial charge in [0.05, 0.1) is 18.9 Å². The van der Waals surface area contributed by atoms with Crippen molar-refractivity contribution in [2.45, 2.75) is 6.54 Å². The lowest BCUT2D eigenvalue weighted by atomic mass is 10.2. The number of carbonyl (C=O) groups excluding carboxylic acids is 1. The lowest BCUT2D eigenvalue weighted by molar-refractivity contribution is 0.0950. The number of amides is 1. The van der Waals surface area contributed by atoms with E-state index in [-0.39, 0.29) is 23.8 Å². The average molecular weight is 293 g/mol. The van der Waals surface area contributed by atoms with Crippen LogP contribution >= 0.6 is 11.6 Å². The van der Waals surface area contributed by atoms with Gasteiger partial charge in [-0.05, 0) is 18.2 Å². The monoisotopic (exact) mass is 292 g/mol. The maximum absolute atomic E-state index is 11.9. The van der Waals surface area contributed by atoms with Crippen molar-refractivity contribution in [3.63, 3.8) is 0 Å². The first kappa shape index (κ1) is 14.1. The molecule has 0 aliphatic heterocycles. The van der Waals surface area contributed by atoms with Crippen LogP contribution in [0.15, 0.2) is 36.7 Å². The third kappa shape index (κ3) is 3.19. The topological polar surface area (TPSA) is 71.5 Å². The van der Waals surface area contributed by atoms with E-state index >= 15 is 0 Å². The highest BCUT2D eigenvalue weighted by molar-refractivity contribution is 6.31. The van der Waals surface area contributed by atoms with Crippen LogP contribution in [0, 0.1) is 0 Å². The van der Waals surface area contributed by atoms with E-state index in [9.17, 15) is 9.90 Å². The molecule has 1 heterocycles. The molecule has 104 valence electrons. The van der Waals surface area contributed by atoms with E-state index in [0.717, 1.165) is 0 Å². The van der Waals surface area contributed by atoms with E-state index in [2.05, 4.69) is 10.3 Å². The molecule has 1 aromatic heterocycles. The first-order chi connectivity index (χ1) is 9.61. The van der Waals surface area contributed by atoms with Gasteiger partial charge in [-0.2, -0.15) is 0 Å². The minimum atomic E-state index is -0.352. The van der Waals surface area contributed by atoms with Gasteiger partial charge in [0.25, 0.3) is 5.91 Å². The fourth-order valence-electron chi connectivity index (χ4n) is 1.72. The van der Waals surface area contributed by atoms with Crippen molar-refractivity contribution >= 4 is 17.5 Å². The molecule has 0 aliphatic rings. The Labute approximate surface area is 121 Å². The summed E-state index contributed by atoms with van der Waals surface area (Å²) in [5.74, 6) is 0.190. The molecule has 0 spiro atoms. The first-order valence-electron chi connectivity index (χ1n) is 5.85. The van der Waals surface area contributed by atoms with Crippen LogP contribution in [0.25, 0.3) is 0 Å². The Morgan fingerprint density at radius 3 is 2.95 bits per heavy atom. The molecule has 20 heavy (non-hydrogen) atoms. The molecule has 1 aromatic carbocycles. The number of halogens is 1. The van der Waals surface area contributed by atoms with Crippen LogP contribution in [0.4, 0.5) is 0 Å². The minimum Gasteiger partial charge on any atom is -0.506 e. The molecule has 0 aliphatic carbocycles. The van der Waals surface area contributed by atoms with Gasteiger partial charge in [-0.3, -0.25) is 9.78 Å². The Bertz CT molecular complexity index is 632. The average Bonchev–Trinajstić information content (AvgIpc) is 2.45. The second-order valence-corrected chi connectivity index (χ2v) is 4.44. The number of ether oxygens (including phenoxy) is 1. The second-order valence-electron chi connectivity index (χ2n) is 4.04. The summed E-state index contributed by atoms with van der Waals surface area (Å²) in [7, 11) is 1.54. The third-order valence-corrected chi connectivity index (χ3v) is 3.06. The fraction of sp³-hybridized carbons (Fsp3) is 0.143. The summed E-state index contributed by atoms with van der Waals surface area (Å²) in [6, 6.07) is 6.60. The maximum atomic E-state index is 11.9.